The molecule has 0 unspecified atom stereocenters. The van der Waals surface area contributed by atoms with Gasteiger partial charge in [-0.2, -0.15) is 0 Å². The highest BCUT2D eigenvalue weighted by atomic mass is 19.1. The number of ether oxygens (including phenoxy) is 1. The average molecular weight is 293 g/mol. The monoisotopic (exact) mass is 293 g/mol. The smallest absolute Gasteiger partial charge is 0.191 e. The minimum atomic E-state index is -0.301. The molecule has 2 N–H and O–H groups in total. The number of guanidine groups is 1. The molecule has 1 aromatic carbocycles. The summed E-state index contributed by atoms with van der Waals surface area (Å²) in [5, 5.41) is 0. The molecule has 1 fully saturated rings. The van der Waals surface area contributed by atoms with E-state index in [-0.39, 0.29) is 11.9 Å². The fourth-order valence-electron chi connectivity index (χ4n) is 2.72. The summed E-state index contributed by atoms with van der Waals surface area (Å²) < 4.78 is 18.6. The molecular formula is C16H24FN3O. The number of benzene rings is 1. The second kappa shape index (κ2) is 6.78. The molecule has 0 saturated heterocycles. The van der Waals surface area contributed by atoms with Crippen LogP contribution in [0.15, 0.2) is 23.2 Å². The van der Waals surface area contributed by atoms with E-state index in [0.717, 1.165) is 31.5 Å². The van der Waals surface area contributed by atoms with Crippen LogP contribution in [0.25, 0.3) is 0 Å². The maximum Gasteiger partial charge on any atom is 0.191 e. The lowest BCUT2D eigenvalue weighted by atomic mass is 9.76. The third kappa shape index (κ3) is 3.46. The van der Waals surface area contributed by atoms with Gasteiger partial charge in [-0.15, -0.1) is 0 Å². The maximum absolute atomic E-state index is 13.7. The van der Waals surface area contributed by atoms with Crippen molar-refractivity contribution in [3.05, 3.63) is 29.6 Å². The standard InChI is InChI=1S/C16H24FN3O/c1-4-20(5-2)16(18)19-13-8-12(9-13)11-6-7-15(21-3)14(17)10-11/h6-7,10,12-13H,4-5,8-9H2,1-3H3,(H2,18,19). The summed E-state index contributed by atoms with van der Waals surface area (Å²) >= 11 is 0. The molecule has 116 valence electrons. The molecule has 5 heteroatoms. The second-order valence-corrected chi connectivity index (χ2v) is 5.38. The number of aliphatic imine (C=N–C) groups is 1. The number of hydrogen-bond donors (Lipinski definition) is 1. The first kappa shape index (κ1) is 15.6. The van der Waals surface area contributed by atoms with E-state index in [1.165, 1.54) is 7.11 Å². The highest BCUT2D eigenvalue weighted by Gasteiger charge is 2.31. The summed E-state index contributed by atoms with van der Waals surface area (Å²) in [6.45, 7) is 5.86. The first-order valence-electron chi connectivity index (χ1n) is 7.50. The molecule has 1 aliphatic carbocycles. The highest BCUT2D eigenvalue weighted by molar-refractivity contribution is 5.78. The molecule has 1 aromatic rings. The Balaban J connectivity index is 1.95. The molecule has 1 saturated carbocycles. The zero-order valence-electron chi connectivity index (χ0n) is 13.0. The Morgan fingerprint density at radius 1 is 1.38 bits per heavy atom. The van der Waals surface area contributed by atoms with E-state index in [2.05, 4.69) is 18.8 Å². The predicted octanol–water partition coefficient (Wildman–Crippen LogP) is 2.74. The molecule has 0 amide bonds. The van der Waals surface area contributed by atoms with Gasteiger partial charge in [0, 0.05) is 13.1 Å². The normalized spacial score (nSPS) is 21.8. The van der Waals surface area contributed by atoms with Gasteiger partial charge >= 0.3 is 0 Å². The zero-order valence-corrected chi connectivity index (χ0v) is 13.0. The van der Waals surface area contributed by atoms with E-state index in [9.17, 15) is 4.39 Å². The molecule has 0 spiro atoms. The van der Waals surface area contributed by atoms with E-state index in [1.54, 1.807) is 12.1 Å². The summed E-state index contributed by atoms with van der Waals surface area (Å²) in [7, 11) is 1.47. The van der Waals surface area contributed by atoms with Crippen molar-refractivity contribution in [3.8, 4) is 5.75 Å². The molecule has 1 aliphatic rings. The van der Waals surface area contributed by atoms with Crippen LogP contribution in [0.2, 0.25) is 0 Å². The van der Waals surface area contributed by atoms with Crippen molar-refractivity contribution in [1.82, 2.24) is 4.90 Å². The number of methoxy groups -OCH3 is 1. The summed E-state index contributed by atoms with van der Waals surface area (Å²) in [5.41, 5.74) is 7.01. The summed E-state index contributed by atoms with van der Waals surface area (Å²) in [4.78, 5) is 6.60. The van der Waals surface area contributed by atoms with Crippen LogP contribution in [0.4, 0.5) is 4.39 Å². The van der Waals surface area contributed by atoms with Crippen LogP contribution < -0.4 is 10.5 Å². The Kier molecular flexibility index (Phi) is 5.04. The molecule has 21 heavy (non-hydrogen) atoms. The van der Waals surface area contributed by atoms with Gasteiger partial charge in [0.25, 0.3) is 0 Å². The second-order valence-electron chi connectivity index (χ2n) is 5.38. The number of halogens is 1. The molecule has 0 heterocycles. The van der Waals surface area contributed by atoms with Crippen molar-refractivity contribution in [2.45, 2.75) is 38.6 Å². The highest BCUT2D eigenvalue weighted by Crippen LogP contribution is 2.39. The maximum atomic E-state index is 13.7. The molecule has 0 aliphatic heterocycles. The third-order valence-electron chi connectivity index (χ3n) is 4.16. The van der Waals surface area contributed by atoms with E-state index >= 15 is 0 Å². The van der Waals surface area contributed by atoms with Gasteiger partial charge in [-0.1, -0.05) is 6.07 Å². The average Bonchev–Trinajstić information content (AvgIpc) is 2.43. The van der Waals surface area contributed by atoms with Crippen LogP contribution in [0.3, 0.4) is 0 Å². The fourth-order valence-corrected chi connectivity index (χ4v) is 2.72. The Labute approximate surface area is 125 Å². The molecule has 2 rings (SSSR count). The van der Waals surface area contributed by atoms with Gasteiger partial charge in [-0.3, -0.25) is 0 Å². The largest absolute Gasteiger partial charge is 0.494 e. The van der Waals surface area contributed by atoms with E-state index < -0.39 is 0 Å². The van der Waals surface area contributed by atoms with Gasteiger partial charge in [0.15, 0.2) is 17.5 Å². The van der Waals surface area contributed by atoms with Crippen LogP contribution in [-0.4, -0.2) is 37.1 Å². The SMILES string of the molecule is CCN(CC)C(N)=NC1CC(c2ccc(OC)c(F)c2)C1. The predicted molar refractivity (Wildman–Crippen MR) is 83.3 cm³/mol. The van der Waals surface area contributed by atoms with Crippen molar-refractivity contribution in [2.24, 2.45) is 10.7 Å². The first-order chi connectivity index (χ1) is 10.1. The Morgan fingerprint density at radius 2 is 2.05 bits per heavy atom. The number of nitrogens with zero attached hydrogens (tertiary/aromatic N) is 2. The minimum Gasteiger partial charge on any atom is -0.494 e. The lowest BCUT2D eigenvalue weighted by Crippen LogP contribution is -2.39. The zero-order chi connectivity index (χ0) is 15.4. The van der Waals surface area contributed by atoms with Crippen LogP contribution >= 0.6 is 0 Å². The fraction of sp³-hybridized carbons (Fsp3) is 0.562. The van der Waals surface area contributed by atoms with Crippen molar-refractivity contribution >= 4 is 5.96 Å². The number of rotatable bonds is 5. The van der Waals surface area contributed by atoms with Gasteiger partial charge in [0.2, 0.25) is 0 Å². The molecular weight excluding hydrogens is 269 g/mol. The Hall–Kier alpha value is -1.78. The Bertz CT molecular complexity index is 508. The van der Waals surface area contributed by atoms with Gasteiger partial charge in [0.1, 0.15) is 0 Å². The summed E-state index contributed by atoms with van der Waals surface area (Å²) in [6, 6.07) is 5.43. The van der Waals surface area contributed by atoms with Crippen molar-refractivity contribution in [3.63, 3.8) is 0 Å². The van der Waals surface area contributed by atoms with Gasteiger partial charge in [-0.25, -0.2) is 9.38 Å². The van der Waals surface area contributed by atoms with E-state index in [0.29, 0.717) is 17.6 Å². The van der Waals surface area contributed by atoms with Crippen LogP contribution in [0.5, 0.6) is 5.75 Å². The van der Waals surface area contributed by atoms with Crippen molar-refractivity contribution < 1.29 is 9.13 Å². The number of hydrogen-bond acceptors (Lipinski definition) is 2. The first-order valence-corrected chi connectivity index (χ1v) is 7.50. The lowest BCUT2D eigenvalue weighted by molar-refractivity contribution is 0.343. The van der Waals surface area contributed by atoms with Crippen LogP contribution in [-0.2, 0) is 0 Å². The third-order valence-corrected chi connectivity index (χ3v) is 4.16. The topological polar surface area (TPSA) is 50.8 Å². The van der Waals surface area contributed by atoms with Crippen molar-refractivity contribution in [2.75, 3.05) is 20.2 Å². The van der Waals surface area contributed by atoms with Gasteiger partial charge < -0.3 is 15.4 Å². The van der Waals surface area contributed by atoms with E-state index in [4.69, 9.17) is 10.5 Å². The summed E-state index contributed by atoms with van der Waals surface area (Å²) in [6.07, 6.45) is 1.85. The Morgan fingerprint density at radius 3 is 2.57 bits per heavy atom. The summed E-state index contributed by atoms with van der Waals surface area (Å²) in [5.74, 6) is 0.969. The molecule has 4 nitrogen and oxygen atoms in total. The quantitative estimate of drug-likeness (QED) is 0.671. The molecule has 0 atom stereocenters. The van der Waals surface area contributed by atoms with Gasteiger partial charge in [-0.05, 0) is 50.3 Å². The molecule has 0 bridgehead atoms. The number of nitrogens with two attached hydrogens (primary N) is 1. The molecule has 0 aromatic heterocycles. The van der Waals surface area contributed by atoms with Crippen molar-refractivity contribution in [1.29, 1.82) is 0 Å². The minimum absolute atomic E-state index is 0.251. The van der Waals surface area contributed by atoms with Crippen LogP contribution in [0, 0.1) is 5.82 Å². The van der Waals surface area contributed by atoms with Gasteiger partial charge in [0.05, 0.1) is 13.2 Å². The van der Waals surface area contributed by atoms with Crippen LogP contribution in [0.1, 0.15) is 38.2 Å². The van der Waals surface area contributed by atoms with E-state index in [1.807, 2.05) is 11.0 Å². The molecule has 0 radical (unpaired) electrons. The lowest BCUT2D eigenvalue weighted by Gasteiger charge is -2.34.